The van der Waals surface area contributed by atoms with Crippen LogP contribution in [0.5, 0.6) is 0 Å². The molecule has 1 fully saturated rings. The van der Waals surface area contributed by atoms with E-state index in [2.05, 4.69) is 0 Å². The minimum atomic E-state index is -0.0117. The maximum absolute atomic E-state index is 12.4. The van der Waals surface area contributed by atoms with E-state index in [4.69, 9.17) is 27.9 Å². The van der Waals surface area contributed by atoms with Gasteiger partial charge in [-0.3, -0.25) is 4.79 Å². The number of halogens is 2. The minimum Gasteiger partial charge on any atom is -0.384 e. The Morgan fingerprint density at radius 3 is 2.63 bits per heavy atom. The van der Waals surface area contributed by atoms with Gasteiger partial charge in [-0.15, -0.1) is 0 Å². The summed E-state index contributed by atoms with van der Waals surface area (Å²) in [5.74, 6) is 0.410. The molecule has 1 aromatic rings. The number of ether oxygens (including phenoxy) is 1. The molecule has 0 radical (unpaired) electrons. The highest BCUT2D eigenvalue weighted by Gasteiger charge is 2.27. The standard InChI is InChI=1S/C14H17Cl2NO2/c1-9-12(15)5-11(6-13(9)16)14(18)17-4-3-10(7-17)8-19-2/h5-6,10H,3-4,7-8H2,1-2H3. The number of amides is 1. The predicted octanol–water partition coefficient (Wildman–Crippen LogP) is 3.41. The van der Waals surface area contributed by atoms with Crippen LogP contribution in [0.3, 0.4) is 0 Å². The van der Waals surface area contributed by atoms with E-state index in [1.165, 1.54) is 0 Å². The molecule has 0 bridgehead atoms. The largest absolute Gasteiger partial charge is 0.384 e. The minimum absolute atomic E-state index is 0.0117. The van der Waals surface area contributed by atoms with Gasteiger partial charge in [0.05, 0.1) is 6.61 Å². The van der Waals surface area contributed by atoms with E-state index in [1.54, 1.807) is 19.2 Å². The first kappa shape index (κ1) is 14.6. The van der Waals surface area contributed by atoms with Crippen LogP contribution in [0.4, 0.5) is 0 Å². The number of carbonyl (C=O) groups excluding carboxylic acids is 1. The molecule has 1 aromatic carbocycles. The van der Waals surface area contributed by atoms with Gasteiger partial charge in [-0.1, -0.05) is 23.2 Å². The molecule has 1 aliphatic rings. The van der Waals surface area contributed by atoms with Crippen LogP contribution in [0.1, 0.15) is 22.3 Å². The molecule has 1 unspecified atom stereocenters. The summed E-state index contributed by atoms with van der Waals surface area (Å²) in [5, 5.41) is 1.06. The van der Waals surface area contributed by atoms with E-state index in [-0.39, 0.29) is 5.91 Å². The third-order valence-corrected chi connectivity index (χ3v) is 4.29. The van der Waals surface area contributed by atoms with Gasteiger partial charge in [0.2, 0.25) is 0 Å². The summed E-state index contributed by atoms with van der Waals surface area (Å²) < 4.78 is 5.13. The van der Waals surface area contributed by atoms with Crippen molar-refractivity contribution in [3.63, 3.8) is 0 Å². The summed E-state index contributed by atoms with van der Waals surface area (Å²) in [6.07, 6.45) is 0.979. The van der Waals surface area contributed by atoms with Gasteiger partial charge < -0.3 is 9.64 Å². The normalized spacial score (nSPS) is 18.9. The Kier molecular flexibility index (Phi) is 4.71. The number of nitrogens with zero attached hydrogens (tertiary/aromatic N) is 1. The fourth-order valence-corrected chi connectivity index (χ4v) is 2.83. The number of rotatable bonds is 3. The molecule has 0 N–H and O–H groups in total. The zero-order valence-electron chi connectivity index (χ0n) is 11.1. The zero-order chi connectivity index (χ0) is 14.0. The second kappa shape index (κ2) is 6.12. The third kappa shape index (κ3) is 3.22. The highest BCUT2D eigenvalue weighted by atomic mass is 35.5. The van der Waals surface area contributed by atoms with Crippen LogP contribution < -0.4 is 0 Å². The van der Waals surface area contributed by atoms with E-state index in [0.29, 0.717) is 28.1 Å². The fraction of sp³-hybridized carbons (Fsp3) is 0.500. The molecule has 1 saturated heterocycles. The molecule has 3 nitrogen and oxygen atoms in total. The number of likely N-dealkylation sites (tertiary alicyclic amines) is 1. The molecule has 5 heteroatoms. The SMILES string of the molecule is COCC1CCN(C(=O)c2cc(Cl)c(C)c(Cl)c2)C1. The van der Waals surface area contributed by atoms with Crippen molar-refractivity contribution in [3.8, 4) is 0 Å². The molecule has 1 atom stereocenters. The molecule has 0 aromatic heterocycles. The lowest BCUT2D eigenvalue weighted by Gasteiger charge is -2.17. The Bertz CT molecular complexity index is 467. The van der Waals surface area contributed by atoms with E-state index >= 15 is 0 Å². The maximum atomic E-state index is 12.4. The number of benzene rings is 1. The summed E-state index contributed by atoms with van der Waals surface area (Å²) in [7, 11) is 1.68. The Morgan fingerprint density at radius 2 is 2.05 bits per heavy atom. The van der Waals surface area contributed by atoms with Gasteiger partial charge in [-0.2, -0.15) is 0 Å². The quantitative estimate of drug-likeness (QED) is 0.856. The second-order valence-electron chi connectivity index (χ2n) is 4.93. The third-order valence-electron chi connectivity index (χ3n) is 3.50. The van der Waals surface area contributed by atoms with Crippen molar-refractivity contribution >= 4 is 29.1 Å². The second-order valence-corrected chi connectivity index (χ2v) is 5.74. The molecule has 0 spiro atoms. The molecule has 1 amide bonds. The van der Waals surface area contributed by atoms with Crippen LogP contribution in [0.25, 0.3) is 0 Å². The van der Waals surface area contributed by atoms with Gasteiger partial charge in [0.25, 0.3) is 5.91 Å². The van der Waals surface area contributed by atoms with Crippen molar-refractivity contribution in [2.24, 2.45) is 5.92 Å². The lowest BCUT2D eigenvalue weighted by Crippen LogP contribution is -2.29. The van der Waals surface area contributed by atoms with Gasteiger partial charge in [-0.25, -0.2) is 0 Å². The first-order chi connectivity index (χ1) is 9.02. The number of hydrogen-bond acceptors (Lipinski definition) is 2. The molecular formula is C14H17Cl2NO2. The van der Waals surface area contributed by atoms with Crippen molar-refractivity contribution in [1.29, 1.82) is 0 Å². The van der Waals surface area contributed by atoms with Gasteiger partial charge in [0.1, 0.15) is 0 Å². The van der Waals surface area contributed by atoms with E-state index in [0.717, 1.165) is 25.1 Å². The van der Waals surface area contributed by atoms with E-state index in [1.807, 2.05) is 11.8 Å². The van der Waals surface area contributed by atoms with Crippen molar-refractivity contribution in [2.45, 2.75) is 13.3 Å². The van der Waals surface area contributed by atoms with Gasteiger partial charge >= 0.3 is 0 Å². The Balaban J connectivity index is 2.13. The molecular weight excluding hydrogens is 285 g/mol. The van der Waals surface area contributed by atoms with Gasteiger partial charge in [-0.05, 0) is 31.0 Å². The zero-order valence-corrected chi connectivity index (χ0v) is 12.6. The highest BCUT2D eigenvalue weighted by Crippen LogP contribution is 2.27. The molecule has 0 saturated carbocycles. The van der Waals surface area contributed by atoms with Crippen molar-refractivity contribution in [2.75, 3.05) is 26.8 Å². The van der Waals surface area contributed by atoms with Crippen LogP contribution in [0.15, 0.2) is 12.1 Å². The number of methoxy groups -OCH3 is 1. The summed E-state index contributed by atoms with van der Waals surface area (Å²) in [5.41, 5.74) is 1.36. The summed E-state index contributed by atoms with van der Waals surface area (Å²) in [4.78, 5) is 14.2. The van der Waals surface area contributed by atoms with Crippen molar-refractivity contribution in [1.82, 2.24) is 4.90 Å². The van der Waals surface area contributed by atoms with Crippen molar-refractivity contribution < 1.29 is 9.53 Å². The summed E-state index contributed by atoms with van der Waals surface area (Å²) in [6, 6.07) is 3.38. The first-order valence-corrected chi connectivity index (χ1v) is 7.02. The Morgan fingerprint density at radius 1 is 1.42 bits per heavy atom. The average molecular weight is 302 g/mol. The van der Waals surface area contributed by atoms with E-state index in [9.17, 15) is 4.79 Å². The lowest BCUT2D eigenvalue weighted by molar-refractivity contribution is 0.0775. The molecule has 1 heterocycles. The van der Waals surface area contributed by atoms with Crippen LogP contribution in [-0.4, -0.2) is 37.6 Å². The van der Waals surface area contributed by atoms with Crippen molar-refractivity contribution in [3.05, 3.63) is 33.3 Å². The summed E-state index contributed by atoms with van der Waals surface area (Å²) >= 11 is 12.1. The molecule has 104 valence electrons. The Labute approximate surface area is 123 Å². The van der Waals surface area contributed by atoms with Crippen LogP contribution >= 0.6 is 23.2 Å². The van der Waals surface area contributed by atoms with Crippen LogP contribution in [0, 0.1) is 12.8 Å². The fourth-order valence-electron chi connectivity index (χ4n) is 2.34. The number of carbonyl (C=O) groups is 1. The molecule has 0 aliphatic carbocycles. The Hall–Kier alpha value is -0.770. The maximum Gasteiger partial charge on any atom is 0.253 e. The van der Waals surface area contributed by atoms with Gasteiger partial charge in [0, 0.05) is 41.7 Å². The molecule has 1 aliphatic heterocycles. The number of hydrogen-bond donors (Lipinski definition) is 0. The highest BCUT2D eigenvalue weighted by molar-refractivity contribution is 6.36. The first-order valence-electron chi connectivity index (χ1n) is 6.26. The monoisotopic (exact) mass is 301 g/mol. The van der Waals surface area contributed by atoms with E-state index < -0.39 is 0 Å². The van der Waals surface area contributed by atoms with Crippen LogP contribution in [0.2, 0.25) is 10.0 Å². The average Bonchev–Trinajstić information content (AvgIpc) is 2.83. The van der Waals surface area contributed by atoms with Gasteiger partial charge in [0.15, 0.2) is 0 Å². The molecule has 2 rings (SSSR count). The molecule has 19 heavy (non-hydrogen) atoms. The predicted molar refractivity (Wildman–Crippen MR) is 77.1 cm³/mol. The summed E-state index contributed by atoms with van der Waals surface area (Å²) in [6.45, 7) is 4.02. The smallest absolute Gasteiger partial charge is 0.253 e. The topological polar surface area (TPSA) is 29.5 Å². The van der Waals surface area contributed by atoms with Crippen LogP contribution in [-0.2, 0) is 4.74 Å². The lowest BCUT2D eigenvalue weighted by atomic mass is 10.1.